The number of anilines is 2. The van der Waals surface area contributed by atoms with E-state index < -0.39 is 0 Å². The van der Waals surface area contributed by atoms with E-state index in [0.717, 1.165) is 11.1 Å². The Hall–Kier alpha value is -4.33. The molecular formula is C25H25N7O. The van der Waals surface area contributed by atoms with Crippen LogP contribution in [0.3, 0.4) is 0 Å². The van der Waals surface area contributed by atoms with E-state index in [1.807, 2.05) is 42.5 Å². The predicted octanol–water partition coefficient (Wildman–Crippen LogP) is 4.90. The molecule has 3 N–H and O–H groups in total. The van der Waals surface area contributed by atoms with E-state index in [4.69, 9.17) is 15.1 Å². The maximum atomic E-state index is 8.47. The van der Waals surface area contributed by atoms with Crippen molar-refractivity contribution < 1.29 is 4.74 Å². The summed E-state index contributed by atoms with van der Waals surface area (Å²) in [5.74, 6) is 2.21. The third-order valence-corrected chi connectivity index (χ3v) is 4.94. The molecule has 0 fully saturated rings. The number of nitrogens with one attached hydrogen (secondary N) is 3. The summed E-state index contributed by atoms with van der Waals surface area (Å²) in [5.41, 5.74) is 3.79. The third-order valence-electron chi connectivity index (χ3n) is 4.94. The molecule has 8 nitrogen and oxygen atoms in total. The van der Waals surface area contributed by atoms with Crippen molar-refractivity contribution in [2.45, 2.75) is 19.8 Å². The number of aromatic nitrogens is 4. The highest BCUT2D eigenvalue weighted by atomic mass is 16.5. The molecule has 0 aliphatic carbocycles. The molecule has 0 aliphatic heterocycles. The van der Waals surface area contributed by atoms with Crippen molar-refractivity contribution in [1.82, 2.24) is 25.5 Å². The van der Waals surface area contributed by atoms with Crippen molar-refractivity contribution in [3.05, 3.63) is 84.3 Å². The summed E-state index contributed by atoms with van der Waals surface area (Å²) in [6, 6.07) is 16.8. The SMILES string of the molecule is CN/C=C(\C(=N)Oc1ccccc1)c1cnc2ccc(Nc3cc(C(C)C)cnn3)nc2c1. The number of pyridine rings is 2. The van der Waals surface area contributed by atoms with Gasteiger partial charge in [-0.1, -0.05) is 32.0 Å². The largest absolute Gasteiger partial charge is 0.439 e. The normalized spacial score (nSPS) is 11.5. The Morgan fingerprint density at radius 2 is 1.82 bits per heavy atom. The molecule has 1 aromatic carbocycles. The second-order valence-electron chi connectivity index (χ2n) is 7.70. The first-order valence-electron chi connectivity index (χ1n) is 10.6. The zero-order valence-corrected chi connectivity index (χ0v) is 18.7. The average Bonchev–Trinajstić information content (AvgIpc) is 2.83. The Morgan fingerprint density at radius 1 is 1.00 bits per heavy atom. The predicted molar refractivity (Wildman–Crippen MR) is 131 cm³/mol. The van der Waals surface area contributed by atoms with Crippen molar-refractivity contribution in [3.63, 3.8) is 0 Å². The molecule has 0 amide bonds. The molecule has 0 bridgehead atoms. The molecule has 0 aliphatic rings. The van der Waals surface area contributed by atoms with Crippen LogP contribution in [0.1, 0.15) is 30.9 Å². The van der Waals surface area contributed by atoms with Gasteiger partial charge in [0.2, 0.25) is 5.90 Å². The smallest absolute Gasteiger partial charge is 0.221 e. The molecule has 0 spiro atoms. The number of hydrogen-bond donors (Lipinski definition) is 3. The van der Waals surface area contributed by atoms with Crippen LogP contribution in [0.25, 0.3) is 16.6 Å². The monoisotopic (exact) mass is 439 g/mol. The molecule has 4 aromatic rings. The van der Waals surface area contributed by atoms with Crippen molar-refractivity contribution in [1.29, 1.82) is 5.41 Å². The van der Waals surface area contributed by atoms with Gasteiger partial charge in [0.15, 0.2) is 5.82 Å². The minimum Gasteiger partial charge on any atom is -0.439 e. The van der Waals surface area contributed by atoms with Gasteiger partial charge in [-0.05, 0) is 47.9 Å². The maximum Gasteiger partial charge on any atom is 0.221 e. The standard InChI is InChI=1S/C25H25N7O/c1-16(2)17-12-24(32-29-14-17)31-23-10-9-21-22(30-23)11-18(13-28-21)20(15-27-3)25(26)33-19-7-5-4-6-8-19/h4-16,26-27H,1-3H3,(H,30,31,32)/b20-15-,26-25?. The lowest BCUT2D eigenvalue weighted by Crippen LogP contribution is -2.12. The van der Waals surface area contributed by atoms with Gasteiger partial charge in [0.1, 0.15) is 11.6 Å². The van der Waals surface area contributed by atoms with Crippen LogP contribution in [0.15, 0.2) is 73.2 Å². The molecule has 0 saturated carbocycles. The first-order valence-corrected chi connectivity index (χ1v) is 10.6. The van der Waals surface area contributed by atoms with Gasteiger partial charge in [-0.2, -0.15) is 5.10 Å². The second kappa shape index (κ2) is 9.86. The molecule has 0 saturated heterocycles. The zero-order chi connectivity index (χ0) is 23.2. The van der Waals surface area contributed by atoms with Crippen molar-refractivity contribution in [2.75, 3.05) is 12.4 Å². The number of nitrogens with zero attached hydrogens (tertiary/aromatic N) is 4. The van der Waals surface area contributed by atoms with Crippen molar-refractivity contribution in [2.24, 2.45) is 0 Å². The highest BCUT2D eigenvalue weighted by Crippen LogP contribution is 2.23. The third kappa shape index (κ3) is 5.30. The van der Waals surface area contributed by atoms with Crippen LogP contribution in [-0.4, -0.2) is 33.1 Å². The fraction of sp³-hybridized carbons (Fsp3) is 0.160. The molecule has 0 unspecified atom stereocenters. The van der Waals surface area contributed by atoms with Crippen molar-refractivity contribution >= 4 is 34.1 Å². The van der Waals surface area contributed by atoms with Crippen LogP contribution in [0.5, 0.6) is 5.75 Å². The lowest BCUT2D eigenvalue weighted by atomic mass is 10.1. The Balaban J connectivity index is 1.62. The highest BCUT2D eigenvalue weighted by Gasteiger charge is 2.13. The summed E-state index contributed by atoms with van der Waals surface area (Å²) < 4.78 is 5.73. The molecular weight excluding hydrogens is 414 g/mol. The molecule has 0 radical (unpaired) electrons. The fourth-order valence-electron chi connectivity index (χ4n) is 3.20. The van der Waals surface area contributed by atoms with Gasteiger partial charge in [-0.15, -0.1) is 5.10 Å². The van der Waals surface area contributed by atoms with E-state index in [0.29, 0.717) is 40.0 Å². The van der Waals surface area contributed by atoms with Gasteiger partial charge in [-0.25, -0.2) is 4.98 Å². The van der Waals surface area contributed by atoms with Gasteiger partial charge < -0.3 is 15.4 Å². The molecule has 4 rings (SSSR count). The van der Waals surface area contributed by atoms with E-state index in [2.05, 4.69) is 39.7 Å². The van der Waals surface area contributed by atoms with E-state index in [-0.39, 0.29) is 5.90 Å². The van der Waals surface area contributed by atoms with Crippen LogP contribution in [0, 0.1) is 5.41 Å². The summed E-state index contributed by atoms with van der Waals surface area (Å²) in [6.07, 6.45) is 5.19. The van der Waals surface area contributed by atoms with E-state index in [1.165, 1.54) is 0 Å². The Bertz CT molecular complexity index is 1300. The number of fused-ring (bicyclic) bond motifs is 1. The van der Waals surface area contributed by atoms with Gasteiger partial charge in [-0.3, -0.25) is 10.4 Å². The zero-order valence-electron chi connectivity index (χ0n) is 18.7. The first-order chi connectivity index (χ1) is 16.0. The van der Waals surface area contributed by atoms with Crippen LogP contribution < -0.4 is 15.4 Å². The molecule has 3 heterocycles. The average molecular weight is 440 g/mol. The molecule has 166 valence electrons. The van der Waals surface area contributed by atoms with Gasteiger partial charge in [0.25, 0.3) is 0 Å². The second-order valence-corrected chi connectivity index (χ2v) is 7.70. The topological polar surface area (TPSA) is 109 Å². The summed E-state index contributed by atoms with van der Waals surface area (Å²) >= 11 is 0. The van der Waals surface area contributed by atoms with Crippen LogP contribution >= 0.6 is 0 Å². The lowest BCUT2D eigenvalue weighted by molar-refractivity contribution is 0.553. The quantitative estimate of drug-likeness (QED) is 0.277. The molecule has 33 heavy (non-hydrogen) atoms. The summed E-state index contributed by atoms with van der Waals surface area (Å²) in [4.78, 5) is 9.21. The summed E-state index contributed by atoms with van der Waals surface area (Å²) in [7, 11) is 1.77. The highest BCUT2D eigenvalue weighted by molar-refractivity contribution is 6.19. The van der Waals surface area contributed by atoms with Crippen LogP contribution in [0.2, 0.25) is 0 Å². The van der Waals surface area contributed by atoms with Gasteiger partial charge in [0.05, 0.1) is 22.8 Å². The summed E-state index contributed by atoms with van der Waals surface area (Å²) in [5, 5.41) is 22.9. The van der Waals surface area contributed by atoms with Crippen molar-refractivity contribution in [3.8, 4) is 5.75 Å². The molecule has 0 atom stereocenters. The van der Waals surface area contributed by atoms with E-state index >= 15 is 0 Å². The number of hydrogen-bond acceptors (Lipinski definition) is 8. The van der Waals surface area contributed by atoms with Crippen LogP contribution in [0.4, 0.5) is 11.6 Å². The minimum atomic E-state index is 0.00625. The fourth-order valence-corrected chi connectivity index (χ4v) is 3.20. The van der Waals surface area contributed by atoms with E-state index in [1.54, 1.807) is 37.8 Å². The van der Waals surface area contributed by atoms with Gasteiger partial charge >= 0.3 is 0 Å². The van der Waals surface area contributed by atoms with Crippen LogP contribution in [-0.2, 0) is 0 Å². The molecule has 3 aromatic heterocycles. The first kappa shape index (κ1) is 21.9. The maximum absolute atomic E-state index is 8.47. The van der Waals surface area contributed by atoms with E-state index in [9.17, 15) is 0 Å². The Kier molecular flexibility index (Phi) is 6.54. The number of ether oxygens (including phenoxy) is 1. The molecule has 8 heteroatoms. The Labute approximate surface area is 192 Å². The number of para-hydroxylation sites is 1. The van der Waals surface area contributed by atoms with Gasteiger partial charge in [0, 0.05) is 25.0 Å². The minimum absolute atomic E-state index is 0.00625. The number of rotatable bonds is 7. The lowest BCUT2D eigenvalue weighted by Gasteiger charge is -2.12. The Morgan fingerprint density at radius 3 is 2.58 bits per heavy atom. The number of benzene rings is 1. The summed E-state index contributed by atoms with van der Waals surface area (Å²) in [6.45, 7) is 4.22.